The van der Waals surface area contributed by atoms with Gasteiger partial charge in [-0.15, -0.1) is 0 Å². The van der Waals surface area contributed by atoms with Crippen molar-refractivity contribution in [1.82, 2.24) is 0 Å². The van der Waals surface area contributed by atoms with Gasteiger partial charge in [0.2, 0.25) is 0 Å². The van der Waals surface area contributed by atoms with Gasteiger partial charge in [-0.1, -0.05) is 20.8 Å². The molecule has 19 heavy (non-hydrogen) atoms. The third-order valence-corrected chi connectivity index (χ3v) is 4.22. The topological polar surface area (TPSA) is 29.3 Å². The molecule has 1 fully saturated rings. The number of halogens is 1. The molecule has 1 saturated heterocycles. The second-order valence-corrected chi connectivity index (χ2v) is 6.72. The Kier molecular flexibility index (Phi) is 4.02. The summed E-state index contributed by atoms with van der Waals surface area (Å²) in [6, 6.07) is 4.84. The van der Waals surface area contributed by atoms with E-state index in [2.05, 4.69) is 25.7 Å². The highest BCUT2D eigenvalue weighted by molar-refractivity contribution is 5.56. The largest absolute Gasteiger partial charge is 0.399 e. The molecule has 1 aromatic carbocycles. The Morgan fingerprint density at radius 1 is 1.16 bits per heavy atom. The molecule has 0 amide bonds. The predicted octanol–water partition coefficient (Wildman–Crippen LogP) is 4.06. The second kappa shape index (κ2) is 5.40. The Bertz CT molecular complexity index is 417. The summed E-state index contributed by atoms with van der Waals surface area (Å²) in [5.74, 6) is 0.495. The standard InChI is InChI=1S/C16H25FN2/c1-16(2,3)12-5-4-7-19(8-6-12)15-10-13(17)9-14(18)11-15/h9-12H,4-8,18H2,1-3H3. The van der Waals surface area contributed by atoms with Crippen LogP contribution in [0.4, 0.5) is 15.8 Å². The van der Waals surface area contributed by atoms with Crippen LogP contribution < -0.4 is 10.6 Å². The zero-order valence-corrected chi connectivity index (χ0v) is 12.2. The summed E-state index contributed by atoms with van der Waals surface area (Å²) in [4.78, 5) is 2.27. The third-order valence-electron chi connectivity index (χ3n) is 4.22. The van der Waals surface area contributed by atoms with Crippen LogP contribution in [-0.2, 0) is 0 Å². The number of hydrogen-bond acceptors (Lipinski definition) is 2. The molecule has 1 atom stereocenters. The molecule has 0 bridgehead atoms. The average Bonchev–Trinajstić information content (AvgIpc) is 2.52. The third kappa shape index (κ3) is 3.62. The fraction of sp³-hybridized carbons (Fsp3) is 0.625. The van der Waals surface area contributed by atoms with Gasteiger partial charge in [0.15, 0.2) is 0 Å². The van der Waals surface area contributed by atoms with Crippen molar-refractivity contribution in [1.29, 1.82) is 0 Å². The zero-order valence-electron chi connectivity index (χ0n) is 12.2. The molecule has 1 aliphatic rings. The molecular formula is C16H25FN2. The van der Waals surface area contributed by atoms with Gasteiger partial charge in [-0.25, -0.2) is 4.39 Å². The maximum atomic E-state index is 13.4. The van der Waals surface area contributed by atoms with E-state index in [9.17, 15) is 4.39 Å². The molecule has 2 rings (SSSR count). The number of rotatable bonds is 1. The quantitative estimate of drug-likeness (QED) is 0.775. The first-order valence-electron chi connectivity index (χ1n) is 7.17. The van der Waals surface area contributed by atoms with Gasteiger partial charge < -0.3 is 10.6 Å². The number of nitrogens with two attached hydrogens (primary N) is 1. The Balaban J connectivity index is 2.11. The van der Waals surface area contributed by atoms with Crippen LogP contribution in [0, 0.1) is 17.2 Å². The molecule has 1 unspecified atom stereocenters. The summed E-state index contributed by atoms with van der Waals surface area (Å²) >= 11 is 0. The summed E-state index contributed by atoms with van der Waals surface area (Å²) in [6.45, 7) is 8.93. The first-order chi connectivity index (χ1) is 8.86. The predicted molar refractivity (Wildman–Crippen MR) is 79.8 cm³/mol. The van der Waals surface area contributed by atoms with Crippen molar-refractivity contribution in [3.8, 4) is 0 Å². The summed E-state index contributed by atoms with van der Waals surface area (Å²) < 4.78 is 13.4. The lowest BCUT2D eigenvalue weighted by molar-refractivity contribution is 0.220. The molecule has 2 N–H and O–H groups in total. The van der Waals surface area contributed by atoms with Crippen molar-refractivity contribution in [3.05, 3.63) is 24.0 Å². The minimum Gasteiger partial charge on any atom is -0.399 e. The molecule has 106 valence electrons. The van der Waals surface area contributed by atoms with Gasteiger partial charge in [-0.2, -0.15) is 0 Å². The summed E-state index contributed by atoms with van der Waals surface area (Å²) in [6.07, 6.45) is 3.59. The molecule has 1 aliphatic heterocycles. The number of benzene rings is 1. The molecule has 3 heteroatoms. The van der Waals surface area contributed by atoms with Crippen molar-refractivity contribution in [3.63, 3.8) is 0 Å². The van der Waals surface area contributed by atoms with E-state index in [-0.39, 0.29) is 5.82 Å². The highest BCUT2D eigenvalue weighted by Crippen LogP contribution is 2.35. The smallest absolute Gasteiger partial charge is 0.127 e. The molecule has 0 aliphatic carbocycles. The number of anilines is 2. The van der Waals surface area contributed by atoms with Crippen LogP contribution in [0.2, 0.25) is 0 Å². The Morgan fingerprint density at radius 3 is 2.53 bits per heavy atom. The van der Waals surface area contributed by atoms with Gasteiger partial charge in [-0.05, 0) is 48.8 Å². The maximum Gasteiger partial charge on any atom is 0.127 e. The van der Waals surface area contributed by atoms with Crippen molar-refractivity contribution >= 4 is 11.4 Å². The highest BCUT2D eigenvalue weighted by atomic mass is 19.1. The van der Waals surface area contributed by atoms with E-state index < -0.39 is 0 Å². The highest BCUT2D eigenvalue weighted by Gasteiger charge is 2.27. The lowest BCUT2D eigenvalue weighted by Crippen LogP contribution is -2.26. The molecule has 0 saturated carbocycles. The number of nitrogens with zero attached hydrogens (tertiary/aromatic N) is 1. The second-order valence-electron chi connectivity index (χ2n) is 6.72. The van der Waals surface area contributed by atoms with Gasteiger partial charge in [0, 0.05) is 24.5 Å². The molecule has 0 radical (unpaired) electrons. The van der Waals surface area contributed by atoms with Gasteiger partial charge in [0.05, 0.1) is 0 Å². The molecule has 1 aromatic rings. The first kappa shape index (κ1) is 14.2. The van der Waals surface area contributed by atoms with Crippen LogP contribution in [0.25, 0.3) is 0 Å². The minimum atomic E-state index is -0.244. The Hall–Kier alpha value is -1.25. The van der Waals surface area contributed by atoms with Crippen LogP contribution in [0.15, 0.2) is 18.2 Å². The van der Waals surface area contributed by atoms with Crippen molar-refractivity contribution < 1.29 is 4.39 Å². The van der Waals surface area contributed by atoms with E-state index in [1.54, 1.807) is 6.07 Å². The minimum absolute atomic E-state index is 0.244. The normalized spacial score (nSPS) is 21.3. The van der Waals surface area contributed by atoms with Gasteiger partial charge >= 0.3 is 0 Å². The lowest BCUT2D eigenvalue weighted by Gasteiger charge is -2.30. The zero-order chi connectivity index (χ0) is 14.0. The van der Waals surface area contributed by atoms with E-state index in [0.717, 1.165) is 24.7 Å². The number of nitrogen functional groups attached to an aromatic ring is 1. The Labute approximate surface area is 115 Å². The van der Waals surface area contributed by atoms with E-state index in [1.165, 1.54) is 25.3 Å². The van der Waals surface area contributed by atoms with Crippen LogP contribution >= 0.6 is 0 Å². The van der Waals surface area contributed by atoms with E-state index in [4.69, 9.17) is 5.73 Å². The van der Waals surface area contributed by atoms with Crippen LogP contribution in [0.1, 0.15) is 40.0 Å². The van der Waals surface area contributed by atoms with E-state index in [0.29, 0.717) is 11.1 Å². The number of hydrogen-bond donors (Lipinski definition) is 1. The summed E-state index contributed by atoms with van der Waals surface area (Å²) in [5, 5.41) is 0. The molecular weight excluding hydrogens is 239 g/mol. The molecule has 1 heterocycles. The fourth-order valence-corrected chi connectivity index (χ4v) is 3.00. The molecule has 0 aromatic heterocycles. The average molecular weight is 264 g/mol. The summed E-state index contributed by atoms with van der Waals surface area (Å²) in [7, 11) is 0. The van der Waals surface area contributed by atoms with Crippen LogP contribution in [-0.4, -0.2) is 13.1 Å². The van der Waals surface area contributed by atoms with Crippen LogP contribution in [0.5, 0.6) is 0 Å². The molecule has 2 nitrogen and oxygen atoms in total. The van der Waals surface area contributed by atoms with E-state index >= 15 is 0 Å². The van der Waals surface area contributed by atoms with Gasteiger partial charge in [0.1, 0.15) is 5.82 Å². The van der Waals surface area contributed by atoms with Crippen molar-refractivity contribution in [2.24, 2.45) is 11.3 Å². The van der Waals surface area contributed by atoms with Crippen molar-refractivity contribution in [2.75, 3.05) is 23.7 Å². The van der Waals surface area contributed by atoms with Gasteiger partial charge in [-0.3, -0.25) is 0 Å². The lowest BCUT2D eigenvalue weighted by atomic mass is 9.77. The fourth-order valence-electron chi connectivity index (χ4n) is 3.00. The SMILES string of the molecule is CC(C)(C)C1CCCN(c2cc(N)cc(F)c2)CC1. The van der Waals surface area contributed by atoms with Crippen LogP contribution in [0.3, 0.4) is 0 Å². The van der Waals surface area contributed by atoms with Crippen molar-refractivity contribution in [2.45, 2.75) is 40.0 Å². The first-order valence-corrected chi connectivity index (χ1v) is 7.17. The van der Waals surface area contributed by atoms with E-state index in [1.807, 2.05) is 6.07 Å². The summed E-state index contributed by atoms with van der Waals surface area (Å²) in [5.41, 5.74) is 7.52. The monoisotopic (exact) mass is 264 g/mol. The van der Waals surface area contributed by atoms with Gasteiger partial charge in [0.25, 0.3) is 0 Å². The Morgan fingerprint density at radius 2 is 1.89 bits per heavy atom. The maximum absolute atomic E-state index is 13.4. The molecule has 0 spiro atoms.